The summed E-state index contributed by atoms with van der Waals surface area (Å²) in [6.45, 7) is -0.574. The van der Waals surface area contributed by atoms with Crippen LogP contribution < -0.4 is 4.90 Å². The molecule has 0 bridgehead atoms. The first-order valence-corrected chi connectivity index (χ1v) is 5.50. The zero-order valence-corrected chi connectivity index (χ0v) is 10.1. The Kier molecular flexibility index (Phi) is 3.40. The summed E-state index contributed by atoms with van der Waals surface area (Å²) in [4.78, 5) is 23.3. The van der Waals surface area contributed by atoms with Gasteiger partial charge in [0, 0.05) is 5.69 Å². The van der Waals surface area contributed by atoms with E-state index in [0.717, 1.165) is 12.1 Å². The van der Waals surface area contributed by atoms with Crippen molar-refractivity contribution in [3.63, 3.8) is 0 Å². The minimum atomic E-state index is -4.60. The molecule has 0 radical (unpaired) electrons. The zero-order chi connectivity index (χ0) is 14.2. The van der Waals surface area contributed by atoms with Gasteiger partial charge in [0.2, 0.25) is 0 Å². The van der Waals surface area contributed by atoms with Crippen LogP contribution in [0.1, 0.15) is 5.56 Å². The second-order valence-corrected chi connectivity index (χ2v) is 4.27. The minimum absolute atomic E-state index is 0.0849. The lowest BCUT2D eigenvalue weighted by molar-refractivity contribution is -0.160. The van der Waals surface area contributed by atoms with E-state index in [0.29, 0.717) is 0 Å². The second-order valence-electron chi connectivity index (χ2n) is 3.86. The van der Waals surface area contributed by atoms with Gasteiger partial charge in [0.05, 0.1) is 10.6 Å². The Labute approximate surface area is 110 Å². The first kappa shape index (κ1) is 13.7. The number of benzene rings is 1. The number of hydrogen-bond donors (Lipinski definition) is 0. The third-order valence-corrected chi connectivity index (χ3v) is 2.82. The predicted octanol–water partition coefficient (Wildman–Crippen LogP) is 2.25. The van der Waals surface area contributed by atoms with Gasteiger partial charge in [0.1, 0.15) is 13.1 Å². The highest BCUT2D eigenvalue weighted by Crippen LogP contribution is 2.37. The Bertz CT molecular complexity index is 528. The van der Waals surface area contributed by atoms with Crippen molar-refractivity contribution in [1.29, 1.82) is 0 Å². The largest absolute Gasteiger partial charge is 0.417 e. The maximum atomic E-state index is 12.7. The van der Waals surface area contributed by atoms with Crippen LogP contribution in [0.5, 0.6) is 0 Å². The van der Waals surface area contributed by atoms with Crippen LogP contribution >= 0.6 is 11.6 Å². The first-order chi connectivity index (χ1) is 8.77. The number of alkyl halides is 3. The van der Waals surface area contributed by atoms with Crippen molar-refractivity contribution in [2.45, 2.75) is 6.18 Å². The summed E-state index contributed by atoms with van der Waals surface area (Å²) < 4.78 is 42.4. The van der Waals surface area contributed by atoms with E-state index in [9.17, 15) is 22.8 Å². The number of ether oxygens (including phenoxy) is 1. The summed E-state index contributed by atoms with van der Waals surface area (Å²) >= 11 is 5.48. The van der Waals surface area contributed by atoms with Gasteiger partial charge in [0.25, 0.3) is 0 Å². The van der Waals surface area contributed by atoms with Crippen LogP contribution in [0.3, 0.4) is 0 Å². The summed E-state index contributed by atoms with van der Waals surface area (Å²) in [5.74, 6) is -1.61. The summed E-state index contributed by atoms with van der Waals surface area (Å²) in [5.41, 5.74) is -0.931. The van der Waals surface area contributed by atoms with Crippen molar-refractivity contribution in [1.82, 2.24) is 0 Å². The van der Waals surface area contributed by atoms with Gasteiger partial charge >= 0.3 is 18.1 Å². The average molecular weight is 294 g/mol. The summed E-state index contributed by atoms with van der Waals surface area (Å²) in [6, 6.07) is 3.18. The van der Waals surface area contributed by atoms with Crippen LogP contribution in [0.25, 0.3) is 0 Å². The number of esters is 2. The standard InChI is InChI=1S/C11H7ClF3NO3/c12-8-2-1-6(3-7(8)11(13,14)15)16-4-9(17)19-10(18)5-16/h1-3H,4-5H2. The van der Waals surface area contributed by atoms with E-state index in [-0.39, 0.29) is 18.8 Å². The number of hydrogen-bond acceptors (Lipinski definition) is 4. The minimum Gasteiger partial charge on any atom is -0.390 e. The lowest BCUT2D eigenvalue weighted by Gasteiger charge is -2.27. The molecule has 4 nitrogen and oxygen atoms in total. The number of morpholine rings is 1. The molecule has 0 amide bonds. The Balaban J connectivity index is 2.36. The van der Waals surface area contributed by atoms with Gasteiger partial charge in [-0.05, 0) is 18.2 Å². The van der Waals surface area contributed by atoms with Gasteiger partial charge in [-0.25, -0.2) is 9.59 Å². The molecule has 1 saturated heterocycles. The quantitative estimate of drug-likeness (QED) is 0.588. The molecule has 8 heteroatoms. The van der Waals surface area contributed by atoms with Gasteiger partial charge in [-0.2, -0.15) is 13.2 Å². The van der Waals surface area contributed by atoms with Crippen molar-refractivity contribution >= 4 is 29.2 Å². The molecule has 0 N–H and O–H groups in total. The Morgan fingerprint density at radius 3 is 2.26 bits per heavy atom. The van der Waals surface area contributed by atoms with E-state index in [1.54, 1.807) is 0 Å². The molecule has 2 rings (SSSR count). The van der Waals surface area contributed by atoms with Crippen LogP contribution in [0.2, 0.25) is 5.02 Å². The Morgan fingerprint density at radius 2 is 1.74 bits per heavy atom. The summed E-state index contributed by atoms with van der Waals surface area (Å²) in [6.07, 6.45) is -4.60. The van der Waals surface area contributed by atoms with Gasteiger partial charge in [-0.15, -0.1) is 0 Å². The summed E-state index contributed by atoms with van der Waals surface area (Å²) in [5, 5.41) is -0.442. The van der Waals surface area contributed by atoms with Crippen molar-refractivity contribution in [3.8, 4) is 0 Å². The number of halogens is 4. The van der Waals surface area contributed by atoms with E-state index in [2.05, 4.69) is 4.74 Å². The molecule has 0 spiro atoms. The van der Waals surface area contributed by atoms with Gasteiger partial charge < -0.3 is 9.64 Å². The van der Waals surface area contributed by atoms with Crippen LogP contribution in [-0.2, 0) is 20.5 Å². The van der Waals surface area contributed by atoms with E-state index in [4.69, 9.17) is 11.6 Å². The van der Waals surface area contributed by atoms with E-state index >= 15 is 0 Å². The monoisotopic (exact) mass is 293 g/mol. The van der Waals surface area contributed by atoms with Crippen molar-refractivity contribution in [2.24, 2.45) is 0 Å². The SMILES string of the molecule is O=C1CN(c2ccc(Cl)c(C(F)(F)F)c2)CC(=O)O1. The molecular weight excluding hydrogens is 287 g/mol. The normalized spacial score (nSPS) is 16.5. The number of rotatable bonds is 1. The average Bonchev–Trinajstić information content (AvgIpc) is 2.26. The molecule has 102 valence electrons. The van der Waals surface area contributed by atoms with E-state index < -0.39 is 28.7 Å². The molecule has 0 atom stereocenters. The van der Waals surface area contributed by atoms with Crippen LogP contribution in [0.4, 0.5) is 18.9 Å². The molecule has 0 aliphatic carbocycles. The highest BCUT2D eigenvalue weighted by atomic mass is 35.5. The molecule has 0 unspecified atom stereocenters. The number of anilines is 1. The van der Waals surface area contributed by atoms with E-state index in [1.807, 2.05) is 0 Å². The van der Waals surface area contributed by atoms with Gasteiger partial charge in [-0.3, -0.25) is 0 Å². The van der Waals surface area contributed by atoms with E-state index in [1.165, 1.54) is 11.0 Å². The number of nitrogens with zero attached hydrogens (tertiary/aromatic N) is 1. The molecule has 1 fully saturated rings. The van der Waals surface area contributed by atoms with Crippen LogP contribution in [-0.4, -0.2) is 25.0 Å². The Hall–Kier alpha value is -1.76. The van der Waals surface area contributed by atoms with Crippen molar-refractivity contribution in [2.75, 3.05) is 18.0 Å². The summed E-state index contributed by atoms with van der Waals surface area (Å²) in [7, 11) is 0. The fourth-order valence-corrected chi connectivity index (χ4v) is 1.89. The fourth-order valence-electron chi connectivity index (χ4n) is 1.67. The molecule has 1 aliphatic heterocycles. The number of cyclic esters (lactones) is 2. The third-order valence-electron chi connectivity index (χ3n) is 2.49. The third kappa shape index (κ3) is 2.98. The first-order valence-electron chi connectivity index (χ1n) is 5.12. The molecule has 1 heterocycles. The highest BCUT2D eigenvalue weighted by molar-refractivity contribution is 6.31. The second kappa shape index (κ2) is 4.73. The van der Waals surface area contributed by atoms with Gasteiger partial charge in [-0.1, -0.05) is 11.6 Å². The van der Waals surface area contributed by atoms with Crippen molar-refractivity contribution < 1.29 is 27.5 Å². The topological polar surface area (TPSA) is 46.6 Å². The molecule has 0 saturated carbocycles. The number of carbonyl (C=O) groups is 2. The predicted molar refractivity (Wildman–Crippen MR) is 59.8 cm³/mol. The van der Waals surface area contributed by atoms with Crippen LogP contribution in [0, 0.1) is 0 Å². The highest BCUT2D eigenvalue weighted by Gasteiger charge is 2.34. The molecule has 1 aromatic rings. The molecular formula is C11H7ClF3NO3. The number of carbonyl (C=O) groups excluding carboxylic acids is 2. The maximum Gasteiger partial charge on any atom is 0.417 e. The molecule has 0 aromatic heterocycles. The molecule has 1 aliphatic rings. The maximum absolute atomic E-state index is 12.7. The van der Waals surface area contributed by atoms with Crippen LogP contribution in [0.15, 0.2) is 18.2 Å². The lowest BCUT2D eigenvalue weighted by Crippen LogP contribution is -2.43. The van der Waals surface area contributed by atoms with Crippen molar-refractivity contribution in [3.05, 3.63) is 28.8 Å². The Morgan fingerprint density at radius 1 is 1.16 bits per heavy atom. The lowest BCUT2D eigenvalue weighted by atomic mass is 10.1. The zero-order valence-electron chi connectivity index (χ0n) is 9.33. The smallest absolute Gasteiger partial charge is 0.390 e. The van der Waals surface area contributed by atoms with Gasteiger partial charge in [0.15, 0.2) is 0 Å². The molecule has 19 heavy (non-hydrogen) atoms. The molecule has 1 aromatic carbocycles. The fraction of sp³-hybridized carbons (Fsp3) is 0.273.